The van der Waals surface area contributed by atoms with Gasteiger partial charge >= 0.3 is 5.97 Å². The van der Waals surface area contributed by atoms with Crippen LogP contribution in [0.3, 0.4) is 0 Å². The van der Waals surface area contributed by atoms with E-state index in [1.165, 1.54) is 0 Å². The summed E-state index contributed by atoms with van der Waals surface area (Å²) >= 11 is 0. The zero-order valence-corrected chi connectivity index (χ0v) is 22.7. The summed E-state index contributed by atoms with van der Waals surface area (Å²) in [6, 6.07) is 24.7. The van der Waals surface area contributed by atoms with Crippen molar-refractivity contribution >= 4 is 52.3 Å². The summed E-state index contributed by atoms with van der Waals surface area (Å²) in [5, 5.41) is 23.1. The summed E-state index contributed by atoms with van der Waals surface area (Å²) in [5.74, 6) is -0.954. The Morgan fingerprint density at radius 1 is 1.05 bits per heavy atom. The van der Waals surface area contributed by atoms with Crippen molar-refractivity contribution in [2.75, 3.05) is 16.8 Å². The Labute approximate surface area is 238 Å². The number of nitrogens with zero attached hydrogens (tertiary/aromatic N) is 1. The van der Waals surface area contributed by atoms with Gasteiger partial charge in [-0.1, -0.05) is 60.7 Å². The first kappa shape index (κ1) is 27.2. The molecule has 0 radical (unpaired) electrons. The molecule has 204 valence electrons. The molecule has 0 fully saturated rings. The van der Waals surface area contributed by atoms with Crippen molar-refractivity contribution in [2.45, 2.75) is 37.6 Å². The van der Waals surface area contributed by atoms with Crippen molar-refractivity contribution in [3.63, 3.8) is 0 Å². The van der Waals surface area contributed by atoms with Crippen LogP contribution in [0.1, 0.15) is 46.6 Å². The number of halogens is 1. The van der Waals surface area contributed by atoms with Gasteiger partial charge in [0, 0.05) is 35.8 Å². The predicted molar refractivity (Wildman–Crippen MR) is 161 cm³/mol. The molecule has 0 spiro atoms. The summed E-state index contributed by atoms with van der Waals surface area (Å²) in [7, 11) is 0. The number of carboxylic acid groups (broad SMARTS) is 1. The average molecular weight is 555 g/mol. The molecule has 2 atom stereocenters. The third-order valence-electron chi connectivity index (χ3n) is 7.88. The molecule has 1 aliphatic carbocycles. The van der Waals surface area contributed by atoms with Crippen LogP contribution >= 0.6 is 12.4 Å². The molecule has 6 rings (SSSR count). The Kier molecular flexibility index (Phi) is 7.50. The number of fused-ring (bicyclic) bond motifs is 4. The molecule has 5 N–H and O–H groups in total. The van der Waals surface area contributed by atoms with E-state index in [4.69, 9.17) is 11.1 Å². The average Bonchev–Trinajstić information content (AvgIpc) is 3.69. The highest BCUT2D eigenvalue weighted by Gasteiger charge is 2.44. The predicted octanol–water partition coefficient (Wildman–Crippen LogP) is 5.47. The van der Waals surface area contributed by atoms with Crippen LogP contribution in [0, 0.1) is 5.41 Å². The summed E-state index contributed by atoms with van der Waals surface area (Å²) in [6.07, 6.45) is 2.69. The maximum atomic E-state index is 13.2. The summed E-state index contributed by atoms with van der Waals surface area (Å²) in [4.78, 5) is 27.4. The third kappa shape index (κ3) is 5.12. The quantitative estimate of drug-likeness (QED) is 0.170. The second-order valence-corrected chi connectivity index (χ2v) is 10.3. The van der Waals surface area contributed by atoms with Crippen LogP contribution in [0.2, 0.25) is 0 Å². The number of nitrogens with one attached hydrogen (secondary N) is 2. The lowest BCUT2D eigenvalue weighted by molar-refractivity contribution is -0.138. The number of carboxylic acids is 1. The van der Waals surface area contributed by atoms with E-state index in [1.807, 2.05) is 53.4 Å². The van der Waals surface area contributed by atoms with E-state index in [0.29, 0.717) is 24.9 Å². The number of nitrogen functional groups attached to an aromatic ring is 1. The third-order valence-corrected chi connectivity index (χ3v) is 7.88. The minimum absolute atomic E-state index is 0. The number of carbonyl (C=O) groups is 2. The lowest BCUT2D eigenvalue weighted by Crippen LogP contribution is -2.36. The number of benzene rings is 4. The number of aliphatic carboxylic acids is 1. The van der Waals surface area contributed by atoms with Crippen molar-refractivity contribution in [1.29, 1.82) is 5.41 Å². The van der Waals surface area contributed by atoms with Crippen molar-refractivity contribution in [1.82, 2.24) is 0 Å². The summed E-state index contributed by atoms with van der Waals surface area (Å²) < 4.78 is 0. The maximum Gasteiger partial charge on any atom is 0.327 e. The van der Waals surface area contributed by atoms with Gasteiger partial charge in [-0.15, -0.1) is 12.4 Å². The molecule has 1 amide bonds. The van der Waals surface area contributed by atoms with E-state index in [9.17, 15) is 14.7 Å². The number of aryl methyl sites for hydroxylation is 2. The van der Waals surface area contributed by atoms with Crippen molar-refractivity contribution in [3.05, 3.63) is 107 Å². The van der Waals surface area contributed by atoms with Crippen LogP contribution < -0.4 is 16.0 Å². The Balaban J connectivity index is 0.00000323. The lowest BCUT2D eigenvalue weighted by Gasteiger charge is -2.30. The highest BCUT2D eigenvalue weighted by atomic mass is 35.5. The fourth-order valence-electron chi connectivity index (χ4n) is 5.84. The van der Waals surface area contributed by atoms with E-state index >= 15 is 0 Å². The Morgan fingerprint density at radius 3 is 2.58 bits per heavy atom. The van der Waals surface area contributed by atoms with Crippen molar-refractivity contribution < 1.29 is 14.7 Å². The number of nitrogens with two attached hydrogens (primary N) is 1. The number of hydrogen-bond acceptors (Lipinski definition) is 4. The van der Waals surface area contributed by atoms with Gasteiger partial charge in [0.2, 0.25) is 5.91 Å². The van der Waals surface area contributed by atoms with E-state index in [2.05, 4.69) is 23.5 Å². The van der Waals surface area contributed by atoms with Gasteiger partial charge in [-0.25, -0.2) is 4.79 Å². The van der Waals surface area contributed by atoms with Gasteiger partial charge < -0.3 is 21.1 Å². The molecule has 2 aliphatic rings. The van der Waals surface area contributed by atoms with Gasteiger partial charge in [0.15, 0.2) is 0 Å². The minimum atomic E-state index is -0.883. The Hall–Kier alpha value is -4.36. The van der Waals surface area contributed by atoms with Gasteiger partial charge in [0.1, 0.15) is 11.9 Å². The van der Waals surface area contributed by atoms with E-state index in [1.54, 1.807) is 12.1 Å². The Morgan fingerprint density at radius 2 is 1.82 bits per heavy atom. The normalized spacial score (nSPS) is 15.8. The SMILES string of the molecule is Cl.N=C(N)c1ccc(CCC(=O)N2CCCc3cc(NC(C(=O)O)C4c5ccc6ccccc6c54)ccc32)cc1. The number of hydrogen-bond donors (Lipinski definition) is 4. The van der Waals surface area contributed by atoms with E-state index in [0.717, 1.165) is 57.2 Å². The highest BCUT2D eigenvalue weighted by Crippen LogP contribution is 2.50. The summed E-state index contributed by atoms with van der Waals surface area (Å²) in [5.41, 5.74) is 12.1. The minimum Gasteiger partial charge on any atom is -0.480 e. The fraction of sp³-hybridized carbons (Fsp3) is 0.219. The zero-order valence-electron chi connectivity index (χ0n) is 21.9. The van der Waals surface area contributed by atoms with Gasteiger partial charge in [0.25, 0.3) is 0 Å². The topological polar surface area (TPSA) is 120 Å². The number of anilines is 2. The smallest absolute Gasteiger partial charge is 0.327 e. The molecule has 1 aliphatic heterocycles. The second kappa shape index (κ2) is 11.0. The molecule has 1 heterocycles. The molecule has 7 nitrogen and oxygen atoms in total. The van der Waals surface area contributed by atoms with Crippen LogP contribution in [0.25, 0.3) is 10.8 Å². The molecule has 8 heteroatoms. The molecule has 40 heavy (non-hydrogen) atoms. The largest absolute Gasteiger partial charge is 0.480 e. The maximum absolute atomic E-state index is 13.2. The van der Waals surface area contributed by atoms with Gasteiger partial charge in [-0.05, 0) is 70.5 Å². The molecular weight excluding hydrogens is 524 g/mol. The summed E-state index contributed by atoms with van der Waals surface area (Å²) in [6.45, 7) is 0.671. The lowest BCUT2D eigenvalue weighted by atomic mass is 9.99. The number of carbonyl (C=O) groups excluding carboxylic acids is 1. The number of amidine groups is 1. The first-order chi connectivity index (χ1) is 18.9. The molecule has 2 unspecified atom stereocenters. The van der Waals surface area contributed by atoms with Gasteiger partial charge in [0.05, 0.1) is 0 Å². The standard InChI is InChI=1S/C32H30N4O3.ClH/c33-31(34)21-10-7-19(8-11-21)9-16-27(37)36-17-3-5-22-18-23(13-15-26(22)36)35-30(32(38)39)29-25-14-12-20-4-1-2-6-24(20)28(25)29;/h1-2,4,6-8,10-15,18,29-30,35H,3,5,9,16-17H2,(H3,33,34)(H,38,39);1H. The van der Waals surface area contributed by atoms with Crippen LogP contribution in [-0.2, 0) is 22.4 Å². The van der Waals surface area contributed by atoms with Gasteiger partial charge in [-0.3, -0.25) is 10.2 Å². The van der Waals surface area contributed by atoms with Crippen LogP contribution in [0.15, 0.2) is 78.9 Å². The highest BCUT2D eigenvalue weighted by molar-refractivity contribution is 5.97. The van der Waals surface area contributed by atoms with E-state index < -0.39 is 12.0 Å². The first-order valence-corrected chi connectivity index (χ1v) is 13.3. The molecule has 0 saturated carbocycles. The second-order valence-electron chi connectivity index (χ2n) is 10.3. The van der Waals surface area contributed by atoms with Crippen LogP contribution in [0.4, 0.5) is 11.4 Å². The molecule has 4 aromatic rings. The monoisotopic (exact) mass is 554 g/mol. The van der Waals surface area contributed by atoms with Crippen molar-refractivity contribution in [3.8, 4) is 0 Å². The molecule has 0 bridgehead atoms. The Bertz CT molecular complexity index is 1620. The molecule has 4 aromatic carbocycles. The number of amides is 1. The molecule has 0 saturated heterocycles. The first-order valence-electron chi connectivity index (χ1n) is 13.3. The molecular formula is C32H31ClN4O3. The zero-order chi connectivity index (χ0) is 27.1. The number of rotatable bonds is 8. The molecule has 0 aromatic heterocycles. The van der Waals surface area contributed by atoms with Crippen molar-refractivity contribution in [2.24, 2.45) is 5.73 Å². The van der Waals surface area contributed by atoms with Crippen LogP contribution in [-0.4, -0.2) is 35.4 Å². The van der Waals surface area contributed by atoms with Crippen LogP contribution in [0.5, 0.6) is 0 Å². The van der Waals surface area contributed by atoms with E-state index in [-0.39, 0.29) is 30.1 Å². The van der Waals surface area contributed by atoms with Gasteiger partial charge in [-0.2, -0.15) is 0 Å². The fourth-order valence-corrected chi connectivity index (χ4v) is 5.84.